The van der Waals surface area contributed by atoms with Gasteiger partial charge in [0.05, 0.1) is 29.8 Å². The Morgan fingerprint density at radius 2 is 2.04 bits per heavy atom. The summed E-state index contributed by atoms with van der Waals surface area (Å²) in [4.78, 5) is 31.1. The molecule has 1 aliphatic rings. The van der Waals surface area contributed by atoms with Crippen molar-refractivity contribution >= 4 is 17.7 Å². The molecule has 3 heterocycles. The molecule has 0 spiro atoms. The van der Waals surface area contributed by atoms with Gasteiger partial charge < -0.3 is 10.1 Å². The van der Waals surface area contributed by atoms with Crippen LogP contribution in [0.4, 0.5) is 16.4 Å². The molecule has 1 atom stereocenters. The number of rotatable bonds is 3. The molecular weight excluding hydrogens is 332 g/mol. The summed E-state index contributed by atoms with van der Waals surface area (Å²) in [7, 11) is 0. The van der Waals surface area contributed by atoms with E-state index in [1.165, 1.54) is 6.33 Å². The number of aromatic nitrogens is 4. The molecule has 0 bridgehead atoms. The van der Waals surface area contributed by atoms with Crippen LogP contribution < -0.4 is 5.32 Å². The van der Waals surface area contributed by atoms with Crippen LogP contribution in [0.5, 0.6) is 0 Å². The van der Waals surface area contributed by atoms with Crippen molar-refractivity contribution in [3.63, 3.8) is 0 Å². The van der Waals surface area contributed by atoms with Crippen molar-refractivity contribution in [2.75, 3.05) is 11.9 Å². The third kappa shape index (κ3) is 4.65. The van der Waals surface area contributed by atoms with Crippen molar-refractivity contribution < 1.29 is 9.53 Å². The number of ether oxygens (including phenoxy) is 1. The standard InChI is InChI=1S/C18H24N6O2/c1-18(2,3)26-17(25)24-9-5-4-6-15(24)14-7-8-21-16(23-14)22-13-10-19-12-20-11-13/h7-8,10-12,15H,4-6,9H2,1-3H3,(H,21,22,23). The van der Waals surface area contributed by atoms with E-state index in [4.69, 9.17) is 4.74 Å². The van der Waals surface area contributed by atoms with E-state index in [0.29, 0.717) is 18.2 Å². The van der Waals surface area contributed by atoms with Crippen LogP contribution in [-0.2, 0) is 4.74 Å². The van der Waals surface area contributed by atoms with Crippen LogP contribution in [-0.4, -0.2) is 43.1 Å². The topological polar surface area (TPSA) is 93.1 Å². The third-order valence-electron chi connectivity index (χ3n) is 3.97. The van der Waals surface area contributed by atoms with Crippen molar-refractivity contribution in [1.82, 2.24) is 24.8 Å². The van der Waals surface area contributed by atoms with Crippen LogP contribution in [0.15, 0.2) is 31.0 Å². The predicted octanol–water partition coefficient (Wildman–Crippen LogP) is 3.47. The van der Waals surface area contributed by atoms with Gasteiger partial charge in [0, 0.05) is 12.7 Å². The van der Waals surface area contributed by atoms with Crippen LogP contribution in [0.3, 0.4) is 0 Å². The summed E-state index contributed by atoms with van der Waals surface area (Å²) < 4.78 is 5.57. The van der Waals surface area contributed by atoms with E-state index < -0.39 is 5.60 Å². The molecule has 1 amide bonds. The highest BCUT2D eigenvalue weighted by atomic mass is 16.6. The molecule has 0 saturated carbocycles. The first kappa shape index (κ1) is 18.0. The van der Waals surface area contributed by atoms with E-state index >= 15 is 0 Å². The first-order valence-electron chi connectivity index (χ1n) is 8.77. The van der Waals surface area contributed by atoms with E-state index in [-0.39, 0.29) is 12.1 Å². The number of amides is 1. The normalized spacial score (nSPS) is 17.7. The van der Waals surface area contributed by atoms with E-state index in [1.807, 2.05) is 26.8 Å². The minimum Gasteiger partial charge on any atom is -0.444 e. The fourth-order valence-electron chi connectivity index (χ4n) is 2.89. The molecule has 1 fully saturated rings. The number of carbonyl (C=O) groups excluding carboxylic acids is 1. The molecule has 2 aromatic rings. The highest BCUT2D eigenvalue weighted by Gasteiger charge is 2.32. The van der Waals surface area contributed by atoms with Gasteiger partial charge >= 0.3 is 6.09 Å². The van der Waals surface area contributed by atoms with Gasteiger partial charge in [0.1, 0.15) is 11.9 Å². The Kier molecular flexibility index (Phi) is 5.29. The lowest BCUT2D eigenvalue weighted by Crippen LogP contribution is -2.42. The predicted molar refractivity (Wildman–Crippen MR) is 96.9 cm³/mol. The Morgan fingerprint density at radius 3 is 2.77 bits per heavy atom. The number of anilines is 2. The average Bonchev–Trinajstić information content (AvgIpc) is 2.61. The molecule has 1 saturated heterocycles. The fraction of sp³-hybridized carbons (Fsp3) is 0.500. The minimum absolute atomic E-state index is 0.117. The molecule has 0 radical (unpaired) electrons. The van der Waals surface area contributed by atoms with Gasteiger partial charge in [-0.3, -0.25) is 4.90 Å². The fourth-order valence-corrected chi connectivity index (χ4v) is 2.89. The molecule has 0 aromatic carbocycles. The lowest BCUT2D eigenvalue weighted by Gasteiger charge is -2.36. The first-order chi connectivity index (χ1) is 12.4. The Balaban J connectivity index is 1.79. The summed E-state index contributed by atoms with van der Waals surface area (Å²) in [5, 5.41) is 3.08. The van der Waals surface area contributed by atoms with Crippen LogP contribution in [0.25, 0.3) is 0 Å². The molecule has 8 nitrogen and oxygen atoms in total. The van der Waals surface area contributed by atoms with E-state index in [1.54, 1.807) is 23.5 Å². The first-order valence-corrected chi connectivity index (χ1v) is 8.77. The Hall–Kier alpha value is -2.77. The zero-order valence-electron chi connectivity index (χ0n) is 15.3. The van der Waals surface area contributed by atoms with Gasteiger partial charge in [-0.05, 0) is 46.1 Å². The number of piperidine rings is 1. The van der Waals surface area contributed by atoms with Crippen molar-refractivity contribution in [3.05, 3.63) is 36.7 Å². The summed E-state index contributed by atoms with van der Waals surface area (Å²) >= 11 is 0. The van der Waals surface area contributed by atoms with E-state index in [0.717, 1.165) is 25.0 Å². The highest BCUT2D eigenvalue weighted by molar-refractivity contribution is 5.69. The molecule has 1 aliphatic heterocycles. The van der Waals surface area contributed by atoms with Crippen molar-refractivity contribution in [1.29, 1.82) is 0 Å². The van der Waals surface area contributed by atoms with Gasteiger partial charge in [-0.25, -0.2) is 24.7 Å². The monoisotopic (exact) mass is 356 g/mol. The van der Waals surface area contributed by atoms with Gasteiger partial charge in [-0.15, -0.1) is 0 Å². The van der Waals surface area contributed by atoms with Crippen LogP contribution in [0, 0.1) is 0 Å². The number of nitrogens with zero attached hydrogens (tertiary/aromatic N) is 5. The molecular formula is C18H24N6O2. The highest BCUT2D eigenvalue weighted by Crippen LogP contribution is 2.31. The maximum atomic E-state index is 12.6. The molecule has 3 rings (SSSR count). The summed E-state index contributed by atoms with van der Waals surface area (Å²) in [6.07, 6.45) is 9.01. The van der Waals surface area contributed by atoms with E-state index in [2.05, 4.69) is 25.3 Å². The van der Waals surface area contributed by atoms with Crippen LogP contribution in [0.2, 0.25) is 0 Å². The average molecular weight is 356 g/mol. The molecule has 26 heavy (non-hydrogen) atoms. The summed E-state index contributed by atoms with van der Waals surface area (Å²) in [6, 6.07) is 1.73. The zero-order valence-corrected chi connectivity index (χ0v) is 15.3. The van der Waals surface area contributed by atoms with Gasteiger partial charge in [-0.2, -0.15) is 0 Å². The number of likely N-dealkylation sites (tertiary alicyclic amines) is 1. The molecule has 0 aliphatic carbocycles. The van der Waals surface area contributed by atoms with Gasteiger partial charge in [-0.1, -0.05) is 0 Å². The number of hydrogen-bond acceptors (Lipinski definition) is 7. The smallest absolute Gasteiger partial charge is 0.410 e. The molecule has 1 unspecified atom stereocenters. The second-order valence-corrected chi connectivity index (χ2v) is 7.24. The molecule has 1 N–H and O–H groups in total. The maximum Gasteiger partial charge on any atom is 0.410 e. The molecule has 8 heteroatoms. The SMILES string of the molecule is CC(C)(C)OC(=O)N1CCCCC1c1ccnc(Nc2cncnc2)n1. The number of nitrogens with one attached hydrogen (secondary N) is 1. The second kappa shape index (κ2) is 7.63. The summed E-state index contributed by atoms with van der Waals surface area (Å²) in [5.41, 5.74) is 0.979. The van der Waals surface area contributed by atoms with Crippen molar-refractivity contribution in [2.45, 2.75) is 51.7 Å². The summed E-state index contributed by atoms with van der Waals surface area (Å²) in [6.45, 7) is 6.29. The van der Waals surface area contributed by atoms with Gasteiger partial charge in [0.2, 0.25) is 5.95 Å². The number of hydrogen-bond donors (Lipinski definition) is 1. The quantitative estimate of drug-likeness (QED) is 0.900. The Morgan fingerprint density at radius 1 is 1.27 bits per heavy atom. The van der Waals surface area contributed by atoms with Gasteiger partial charge in [0.25, 0.3) is 0 Å². The minimum atomic E-state index is -0.523. The van der Waals surface area contributed by atoms with Crippen molar-refractivity contribution in [2.24, 2.45) is 0 Å². The lowest BCUT2D eigenvalue weighted by molar-refractivity contribution is 0.00900. The molecule has 2 aromatic heterocycles. The molecule has 138 valence electrons. The van der Waals surface area contributed by atoms with Crippen LogP contribution in [0.1, 0.15) is 51.8 Å². The van der Waals surface area contributed by atoms with Crippen LogP contribution >= 0.6 is 0 Å². The van der Waals surface area contributed by atoms with Crippen molar-refractivity contribution in [3.8, 4) is 0 Å². The lowest BCUT2D eigenvalue weighted by atomic mass is 9.99. The second-order valence-electron chi connectivity index (χ2n) is 7.24. The summed E-state index contributed by atoms with van der Waals surface area (Å²) in [5.74, 6) is 0.451. The largest absolute Gasteiger partial charge is 0.444 e. The third-order valence-corrected chi connectivity index (χ3v) is 3.97. The van der Waals surface area contributed by atoms with Gasteiger partial charge in [0.15, 0.2) is 0 Å². The zero-order chi connectivity index (χ0) is 18.6. The Labute approximate surface area is 153 Å². The number of carbonyl (C=O) groups is 1. The van der Waals surface area contributed by atoms with E-state index in [9.17, 15) is 4.79 Å². The maximum absolute atomic E-state index is 12.6. The Bertz CT molecular complexity index is 747.